The second-order valence-corrected chi connectivity index (χ2v) is 3.62. The molecule has 0 aromatic heterocycles. The minimum atomic E-state index is -4.23. The van der Waals surface area contributed by atoms with Crippen LogP contribution in [0.15, 0.2) is 30.3 Å². The molecule has 0 saturated heterocycles. The molecular weight excluding hydrogens is 233 g/mol. The van der Waals surface area contributed by atoms with Crippen molar-refractivity contribution >= 4 is 5.78 Å². The first-order chi connectivity index (χ1) is 7.97. The minimum Gasteiger partial charge on any atom is -0.373 e. The van der Waals surface area contributed by atoms with E-state index in [1.165, 1.54) is 0 Å². The van der Waals surface area contributed by atoms with Crippen LogP contribution in [0.3, 0.4) is 0 Å². The van der Waals surface area contributed by atoms with Crippen LogP contribution in [0.25, 0.3) is 0 Å². The highest BCUT2D eigenvalue weighted by Gasteiger charge is 2.26. The number of ketones is 1. The summed E-state index contributed by atoms with van der Waals surface area (Å²) in [7, 11) is 0. The molecule has 1 aromatic carbocycles. The third-order valence-electron chi connectivity index (χ3n) is 2.04. The summed E-state index contributed by atoms with van der Waals surface area (Å²) >= 11 is 0. The van der Waals surface area contributed by atoms with Gasteiger partial charge in [0.15, 0.2) is 5.78 Å². The molecule has 0 radical (unpaired) electrons. The molecule has 0 aliphatic heterocycles. The number of carbonyl (C=O) groups is 1. The summed E-state index contributed by atoms with van der Waals surface area (Å²) in [6.07, 6.45) is -5.07. The molecule has 0 aliphatic rings. The summed E-state index contributed by atoms with van der Waals surface area (Å²) in [6, 6.07) is 9.00. The largest absolute Gasteiger partial charge is 0.391 e. The Balaban J connectivity index is 2.18. The van der Waals surface area contributed by atoms with Crippen LogP contribution in [0.1, 0.15) is 12.0 Å². The van der Waals surface area contributed by atoms with Gasteiger partial charge in [0.2, 0.25) is 0 Å². The van der Waals surface area contributed by atoms with E-state index >= 15 is 0 Å². The summed E-state index contributed by atoms with van der Waals surface area (Å²) in [5.41, 5.74) is 0.830. The first-order valence-electron chi connectivity index (χ1n) is 5.17. The molecule has 5 heteroatoms. The SMILES string of the molecule is O=C(COCCC(F)(F)F)Cc1ccccc1. The van der Waals surface area contributed by atoms with Gasteiger partial charge in [-0.15, -0.1) is 0 Å². The molecule has 0 spiro atoms. The summed E-state index contributed by atoms with van der Waals surface area (Å²) in [5, 5.41) is 0. The molecule has 0 fully saturated rings. The number of hydrogen-bond donors (Lipinski definition) is 0. The molecule has 0 amide bonds. The molecule has 94 valence electrons. The summed E-state index contributed by atoms with van der Waals surface area (Å²) in [6.45, 7) is -0.741. The Bertz CT molecular complexity index is 347. The molecule has 0 aliphatic carbocycles. The Morgan fingerprint density at radius 2 is 1.82 bits per heavy atom. The Kier molecular flexibility index (Phi) is 5.15. The minimum absolute atomic E-state index is 0.187. The predicted octanol–water partition coefficient (Wildman–Crippen LogP) is 2.77. The third kappa shape index (κ3) is 6.73. The zero-order valence-corrected chi connectivity index (χ0v) is 9.17. The van der Waals surface area contributed by atoms with E-state index in [9.17, 15) is 18.0 Å². The Morgan fingerprint density at radius 1 is 1.18 bits per heavy atom. The number of carbonyl (C=O) groups excluding carboxylic acids is 1. The van der Waals surface area contributed by atoms with Crippen molar-refractivity contribution in [2.75, 3.05) is 13.2 Å². The average Bonchev–Trinajstić information content (AvgIpc) is 2.25. The van der Waals surface area contributed by atoms with Gasteiger partial charge in [-0.05, 0) is 5.56 Å². The molecule has 1 aromatic rings. The maximum Gasteiger partial charge on any atom is 0.391 e. The molecule has 0 bridgehead atoms. The zero-order valence-electron chi connectivity index (χ0n) is 9.17. The van der Waals surface area contributed by atoms with Crippen molar-refractivity contribution in [2.24, 2.45) is 0 Å². The van der Waals surface area contributed by atoms with E-state index in [0.717, 1.165) is 5.56 Å². The van der Waals surface area contributed by atoms with Crippen LogP contribution in [0, 0.1) is 0 Å². The molecular formula is C12H13F3O2. The number of halogens is 3. The van der Waals surface area contributed by atoms with E-state index in [0.29, 0.717) is 0 Å². The van der Waals surface area contributed by atoms with E-state index in [4.69, 9.17) is 0 Å². The number of benzene rings is 1. The van der Waals surface area contributed by atoms with Gasteiger partial charge in [-0.1, -0.05) is 30.3 Å². The fourth-order valence-electron chi connectivity index (χ4n) is 1.25. The molecule has 1 rings (SSSR count). The van der Waals surface area contributed by atoms with E-state index < -0.39 is 19.2 Å². The molecule has 0 unspecified atom stereocenters. The fraction of sp³-hybridized carbons (Fsp3) is 0.417. The summed E-state index contributed by atoms with van der Waals surface area (Å²) in [5.74, 6) is -0.224. The number of rotatable bonds is 6. The predicted molar refractivity (Wildman–Crippen MR) is 56.6 cm³/mol. The van der Waals surface area contributed by atoms with Gasteiger partial charge in [0, 0.05) is 6.42 Å². The lowest BCUT2D eigenvalue weighted by Crippen LogP contribution is -2.16. The topological polar surface area (TPSA) is 26.3 Å². The Hall–Kier alpha value is -1.36. The van der Waals surface area contributed by atoms with Crippen LogP contribution in [0.5, 0.6) is 0 Å². The van der Waals surface area contributed by atoms with E-state index in [1.807, 2.05) is 6.07 Å². The molecule has 0 atom stereocenters. The first kappa shape index (κ1) is 13.7. The highest BCUT2D eigenvalue weighted by atomic mass is 19.4. The second kappa shape index (κ2) is 6.39. The van der Waals surface area contributed by atoms with E-state index in [2.05, 4.69) is 4.74 Å². The maximum atomic E-state index is 11.8. The summed E-state index contributed by atoms with van der Waals surface area (Å²) < 4.78 is 40.0. The average molecular weight is 246 g/mol. The van der Waals surface area contributed by atoms with Gasteiger partial charge in [0.1, 0.15) is 6.61 Å². The van der Waals surface area contributed by atoms with E-state index in [1.54, 1.807) is 24.3 Å². The maximum absolute atomic E-state index is 11.8. The van der Waals surface area contributed by atoms with E-state index in [-0.39, 0.29) is 18.8 Å². The quantitative estimate of drug-likeness (QED) is 0.721. The van der Waals surface area contributed by atoms with Gasteiger partial charge in [-0.3, -0.25) is 4.79 Å². The Labute approximate surface area is 97.4 Å². The van der Waals surface area contributed by atoms with Crippen LogP contribution < -0.4 is 0 Å². The van der Waals surface area contributed by atoms with Crippen LogP contribution in [0.2, 0.25) is 0 Å². The monoisotopic (exact) mass is 246 g/mol. The van der Waals surface area contributed by atoms with Gasteiger partial charge in [0.25, 0.3) is 0 Å². The molecule has 2 nitrogen and oxygen atoms in total. The van der Waals surface area contributed by atoms with Gasteiger partial charge >= 0.3 is 6.18 Å². The van der Waals surface area contributed by atoms with Gasteiger partial charge < -0.3 is 4.74 Å². The van der Waals surface area contributed by atoms with Crippen molar-refractivity contribution in [2.45, 2.75) is 19.0 Å². The third-order valence-corrected chi connectivity index (χ3v) is 2.04. The van der Waals surface area contributed by atoms with Crippen molar-refractivity contribution in [3.05, 3.63) is 35.9 Å². The van der Waals surface area contributed by atoms with Crippen molar-refractivity contribution in [1.29, 1.82) is 0 Å². The first-order valence-corrected chi connectivity index (χ1v) is 5.17. The zero-order chi connectivity index (χ0) is 12.7. The van der Waals surface area contributed by atoms with Crippen molar-refractivity contribution in [3.63, 3.8) is 0 Å². The van der Waals surface area contributed by atoms with Crippen LogP contribution >= 0.6 is 0 Å². The Morgan fingerprint density at radius 3 is 2.41 bits per heavy atom. The fourth-order valence-corrected chi connectivity index (χ4v) is 1.25. The normalized spacial score (nSPS) is 11.5. The second-order valence-electron chi connectivity index (χ2n) is 3.62. The van der Waals surface area contributed by atoms with Gasteiger partial charge in [-0.2, -0.15) is 13.2 Å². The lowest BCUT2D eigenvalue weighted by molar-refractivity contribution is -0.148. The standard InChI is InChI=1S/C12H13F3O2/c13-12(14,15)6-7-17-9-11(16)8-10-4-2-1-3-5-10/h1-5H,6-9H2. The van der Waals surface area contributed by atoms with Gasteiger partial charge in [0.05, 0.1) is 13.0 Å². The molecule has 0 N–H and O–H groups in total. The van der Waals surface area contributed by atoms with Crippen molar-refractivity contribution < 1.29 is 22.7 Å². The van der Waals surface area contributed by atoms with Crippen LogP contribution in [0.4, 0.5) is 13.2 Å². The lowest BCUT2D eigenvalue weighted by atomic mass is 10.1. The van der Waals surface area contributed by atoms with Gasteiger partial charge in [-0.25, -0.2) is 0 Å². The number of alkyl halides is 3. The highest BCUT2D eigenvalue weighted by Crippen LogP contribution is 2.18. The lowest BCUT2D eigenvalue weighted by Gasteiger charge is -2.06. The number of ether oxygens (including phenoxy) is 1. The number of hydrogen-bond acceptors (Lipinski definition) is 2. The molecule has 0 heterocycles. The van der Waals surface area contributed by atoms with Crippen LogP contribution in [-0.2, 0) is 16.0 Å². The van der Waals surface area contributed by atoms with Crippen molar-refractivity contribution in [3.8, 4) is 0 Å². The number of Topliss-reactive ketones (excluding diaryl/α,β-unsaturated/α-hetero) is 1. The molecule has 0 saturated carbocycles. The smallest absolute Gasteiger partial charge is 0.373 e. The summed E-state index contributed by atoms with van der Waals surface area (Å²) in [4.78, 5) is 11.3. The van der Waals surface area contributed by atoms with Crippen LogP contribution in [-0.4, -0.2) is 25.2 Å². The van der Waals surface area contributed by atoms with Crippen molar-refractivity contribution in [1.82, 2.24) is 0 Å². The highest BCUT2D eigenvalue weighted by molar-refractivity contribution is 5.81. The molecule has 17 heavy (non-hydrogen) atoms.